The Bertz CT molecular complexity index is 107. The third-order valence-electron chi connectivity index (χ3n) is 2.26. The number of hydrogen-bond donors (Lipinski definition) is 0. The van der Waals surface area contributed by atoms with E-state index in [0.29, 0.717) is 0 Å². The molecular weight excluding hydrogens is 247 g/mol. The minimum absolute atomic E-state index is 0. The van der Waals surface area contributed by atoms with Crippen molar-refractivity contribution < 1.29 is 17.1 Å². The molecule has 0 unspecified atom stereocenters. The van der Waals surface area contributed by atoms with E-state index in [0.717, 1.165) is 40.3 Å². The Morgan fingerprint density at radius 1 is 0.824 bits per heavy atom. The minimum Gasteiger partial charge on any atom is -1.00 e. The Balaban J connectivity index is -0.000000280. The van der Waals surface area contributed by atoms with Gasteiger partial charge in [-0.1, -0.05) is 27.7 Å². The van der Waals surface area contributed by atoms with Crippen molar-refractivity contribution >= 4 is 15.2 Å². The second kappa shape index (κ2) is 19.1. The molecular formula is C14H32AlClO. The van der Waals surface area contributed by atoms with Crippen molar-refractivity contribution in [3.63, 3.8) is 0 Å². The molecule has 0 saturated carbocycles. The summed E-state index contributed by atoms with van der Waals surface area (Å²) in [6.07, 6.45) is 2.39. The van der Waals surface area contributed by atoms with Crippen LogP contribution in [-0.4, -0.2) is 28.4 Å². The average molecular weight is 279 g/mol. The third kappa shape index (κ3) is 31.5. The van der Waals surface area contributed by atoms with E-state index in [9.17, 15) is 0 Å². The molecule has 0 saturated heterocycles. The first-order chi connectivity index (χ1) is 7.54. The van der Waals surface area contributed by atoms with Crippen molar-refractivity contribution in [3.8, 4) is 0 Å². The van der Waals surface area contributed by atoms with Crippen LogP contribution >= 0.6 is 0 Å². The summed E-state index contributed by atoms with van der Waals surface area (Å²) in [4.78, 5) is 0. The van der Waals surface area contributed by atoms with Gasteiger partial charge in [0.05, 0.1) is 0 Å². The Labute approximate surface area is 122 Å². The van der Waals surface area contributed by atoms with E-state index in [1.807, 2.05) is 0 Å². The van der Waals surface area contributed by atoms with Crippen molar-refractivity contribution in [1.82, 2.24) is 0 Å². The predicted molar refractivity (Wildman–Crippen MR) is 76.4 cm³/mol. The maximum absolute atomic E-state index is 5.46. The zero-order valence-corrected chi connectivity index (χ0v) is 14.7. The van der Waals surface area contributed by atoms with Gasteiger partial charge in [-0.25, -0.2) is 0 Å². The van der Waals surface area contributed by atoms with Crippen LogP contribution in [0.15, 0.2) is 0 Å². The normalized spacial score (nSPS) is 9.41. The van der Waals surface area contributed by atoms with E-state index in [4.69, 9.17) is 4.74 Å². The fourth-order valence-electron chi connectivity index (χ4n) is 1.03. The SMILES string of the molecule is CC(C)CCOCCC(C)C.C[CH2][Al+][CH2]C.[Cl-]. The van der Waals surface area contributed by atoms with E-state index in [1.165, 1.54) is 23.4 Å². The number of hydrogen-bond acceptors (Lipinski definition) is 1. The van der Waals surface area contributed by atoms with Gasteiger partial charge >= 0.3 is 39.6 Å². The van der Waals surface area contributed by atoms with Crippen LogP contribution in [0.4, 0.5) is 0 Å². The van der Waals surface area contributed by atoms with Crippen LogP contribution < -0.4 is 12.4 Å². The summed E-state index contributed by atoms with van der Waals surface area (Å²) in [5, 5.41) is 2.85. The van der Waals surface area contributed by atoms with E-state index < -0.39 is 0 Å². The molecule has 0 aliphatic carbocycles. The molecule has 0 spiro atoms. The summed E-state index contributed by atoms with van der Waals surface area (Å²) < 4.78 is 5.46. The van der Waals surface area contributed by atoms with Crippen LogP contribution in [0.3, 0.4) is 0 Å². The first kappa shape index (κ1) is 22.9. The molecule has 3 heteroatoms. The van der Waals surface area contributed by atoms with Gasteiger partial charge in [0.1, 0.15) is 0 Å². The Morgan fingerprint density at radius 2 is 1.18 bits per heavy atom. The number of ether oxygens (including phenoxy) is 1. The fourth-order valence-corrected chi connectivity index (χ4v) is 1.61. The van der Waals surface area contributed by atoms with E-state index in [1.54, 1.807) is 0 Å². The van der Waals surface area contributed by atoms with Crippen molar-refractivity contribution in [2.45, 2.75) is 64.9 Å². The molecule has 0 aromatic carbocycles. The number of rotatable bonds is 8. The molecule has 0 radical (unpaired) electrons. The summed E-state index contributed by atoms with van der Waals surface area (Å²) in [6, 6.07) is 0. The van der Waals surface area contributed by atoms with Crippen LogP contribution in [0.2, 0.25) is 10.6 Å². The van der Waals surface area contributed by atoms with Gasteiger partial charge < -0.3 is 17.1 Å². The van der Waals surface area contributed by atoms with Gasteiger partial charge in [-0.05, 0) is 24.7 Å². The third-order valence-corrected chi connectivity index (χ3v) is 3.41. The Hall–Kier alpha value is 0.782. The second-order valence-corrected chi connectivity index (χ2v) is 7.29. The molecule has 0 fully saturated rings. The molecule has 0 aromatic heterocycles. The van der Waals surface area contributed by atoms with Crippen LogP contribution in [0, 0.1) is 11.8 Å². The van der Waals surface area contributed by atoms with Crippen molar-refractivity contribution in [3.05, 3.63) is 0 Å². The van der Waals surface area contributed by atoms with Crippen LogP contribution in [0.5, 0.6) is 0 Å². The number of halogens is 1. The molecule has 0 bridgehead atoms. The molecule has 0 heterocycles. The maximum atomic E-state index is 5.46. The first-order valence-electron chi connectivity index (χ1n) is 6.93. The molecule has 0 aliphatic rings. The quantitative estimate of drug-likeness (QED) is 0.485. The smallest absolute Gasteiger partial charge is 1.00 e. The molecule has 0 rings (SSSR count). The van der Waals surface area contributed by atoms with Gasteiger partial charge in [0.25, 0.3) is 0 Å². The zero-order valence-electron chi connectivity index (χ0n) is 12.8. The predicted octanol–water partition coefficient (Wildman–Crippen LogP) is 1.67. The van der Waals surface area contributed by atoms with Crippen molar-refractivity contribution in [2.75, 3.05) is 13.2 Å². The molecule has 0 N–H and O–H groups in total. The van der Waals surface area contributed by atoms with Gasteiger partial charge in [0, 0.05) is 13.2 Å². The average Bonchev–Trinajstić information content (AvgIpc) is 2.18. The zero-order chi connectivity index (χ0) is 12.8. The monoisotopic (exact) mass is 278 g/mol. The van der Waals surface area contributed by atoms with Crippen LogP contribution in [0.1, 0.15) is 54.4 Å². The van der Waals surface area contributed by atoms with E-state index >= 15 is 0 Å². The minimum atomic E-state index is 0. The summed E-state index contributed by atoms with van der Waals surface area (Å²) in [5.41, 5.74) is 0. The van der Waals surface area contributed by atoms with Gasteiger partial charge in [0.2, 0.25) is 0 Å². The second-order valence-electron chi connectivity index (χ2n) is 5.08. The van der Waals surface area contributed by atoms with Crippen molar-refractivity contribution in [1.29, 1.82) is 0 Å². The van der Waals surface area contributed by atoms with E-state index in [2.05, 4.69) is 41.5 Å². The van der Waals surface area contributed by atoms with E-state index in [-0.39, 0.29) is 12.4 Å². The summed E-state index contributed by atoms with van der Waals surface area (Å²) >= 11 is 0.815. The van der Waals surface area contributed by atoms with Gasteiger partial charge in [-0.2, -0.15) is 0 Å². The standard InChI is InChI=1S/C10H22O.2C2H5.Al.ClH/c1-9(2)5-7-11-8-6-10(3)4;2*1-2;;/h9-10H,5-8H2,1-4H3;2*1H2,2H3;;1H/q;;;+1;/p-1. The van der Waals surface area contributed by atoms with Crippen LogP contribution in [0.25, 0.3) is 0 Å². The molecule has 0 aliphatic heterocycles. The molecule has 17 heavy (non-hydrogen) atoms. The molecule has 104 valence electrons. The summed E-state index contributed by atoms with van der Waals surface area (Å²) in [7, 11) is 0. The van der Waals surface area contributed by atoms with Gasteiger partial charge in [-0.3, -0.25) is 0 Å². The van der Waals surface area contributed by atoms with Crippen LogP contribution in [-0.2, 0) is 4.74 Å². The Morgan fingerprint density at radius 3 is 1.35 bits per heavy atom. The topological polar surface area (TPSA) is 9.23 Å². The molecule has 0 atom stereocenters. The van der Waals surface area contributed by atoms with Crippen molar-refractivity contribution in [2.24, 2.45) is 11.8 Å². The first-order valence-corrected chi connectivity index (χ1v) is 8.57. The van der Waals surface area contributed by atoms with Gasteiger partial charge in [-0.15, -0.1) is 0 Å². The largest absolute Gasteiger partial charge is 1.00 e. The van der Waals surface area contributed by atoms with Gasteiger partial charge in [0.15, 0.2) is 0 Å². The molecule has 1 nitrogen and oxygen atoms in total. The molecule has 0 aromatic rings. The maximum Gasteiger partial charge on any atom is -1.00 e. The summed E-state index contributed by atoms with van der Waals surface area (Å²) in [6.45, 7) is 15.3. The Kier molecular flexibility index (Phi) is 25.8. The molecule has 0 amide bonds. The summed E-state index contributed by atoms with van der Waals surface area (Å²) in [5.74, 6) is 1.54. The fraction of sp³-hybridized carbons (Fsp3) is 1.00.